The monoisotopic (exact) mass is 304 g/mol. The summed E-state index contributed by atoms with van der Waals surface area (Å²) in [4.78, 5) is 0. The van der Waals surface area contributed by atoms with Crippen LogP contribution in [-0.4, -0.2) is 16.9 Å². The lowest BCUT2D eigenvalue weighted by Crippen LogP contribution is -2.47. The standard InChI is InChI=1S/C15H16F4O2/c16-10-3-4-11-12(20)8-14(21-13(11)6-10)5-1-2-9(7-14)15(17,18)19/h3-4,6,9,12,20H,1-2,5,7-8H2/t9?,12-,14?/m0/s1. The van der Waals surface area contributed by atoms with Gasteiger partial charge in [0.2, 0.25) is 0 Å². The zero-order chi connectivity index (χ0) is 15.3. The molecule has 0 aromatic heterocycles. The number of fused-ring (bicyclic) bond motifs is 1. The molecule has 2 aliphatic rings. The largest absolute Gasteiger partial charge is 0.487 e. The number of aliphatic hydroxyl groups excluding tert-OH is 1. The molecule has 0 radical (unpaired) electrons. The number of hydrogen-bond donors (Lipinski definition) is 1. The first-order valence-electron chi connectivity index (χ1n) is 7.02. The van der Waals surface area contributed by atoms with Gasteiger partial charge in [0, 0.05) is 18.1 Å². The second kappa shape index (κ2) is 4.87. The van der Waals surface area contributed by atoms with Crippen molar-refractivity contribution < 1.29 is 27.4 Å². The molecule has 0 bridgehead atoms. The fourth-order valence-electron chi connectivity index (χ4n) is 3.49. The first-order valence-corrected chi connectivity index (χ1v) is 7.02. The summed E-state index contributed by atoms with van der Waals surface area (Å²) < 4.78 is 57.9. The lowest BCUT2D eigenvalue weighted by Gasteiger charge is -2.45. The predicted octanol–water partition coefficient (Wildman–Crippen LogP) is 4.13. The molecular formula is C15H16F4O2. The smallest absolute Gasteiger partial charge is 0.391 e. The first-order chi connectivity index (χ1) is 9.79. The van der Waals surface area contributed by atoms with Gasteiger partial charge in [0.1, 0.15) is 17.2 Å². The Labute approximate surface area is 119 Å². The van der Waals surface area contributed by atoms with Crippen LogP contribution < -0.4 is 4.74 Å². The molecule has 6 heteroatoms. The van der Waals surface area contributed by atoms with Gasteiger partial charge in [-0.2, -0.15) is 13.2 Å². The summed E-state index contributed by atoms with van der Waals surface area (Å²) in [5, 5.41) is 10.2. The van der Waals surface area contributed by atoms with E-state index in [0.717, 1.165) is 6.07 Å². The van der Waals surface area contributed by atoms with Crippen molar-refractivity contribution >= 4 is 0 Å². The summed E-state index contributed by atoms with van der Waals surface area (Å²) in [5.74, 6) is -1.79. The molecular weight excluding hydrogens is 288 g/mol. The van der Waals surface area contributed by atoms with E-state index in [0.29, 0.717) is 18.4 Å². The highest BCUT2D eigenvalue weighted by Crippen LogP contribution is 2.50. The van der Waals surface area contributed by atoms with Gasteiger partial charge in [-0.15, -0.1) is 0 Å². The van der Waals surface area contributed by atoms with Crippen molar-refractivity contribution in [2.75, 3.05) is 0 Å². The van der Waals surface area contributed by atoms with Crippen LogP contribution in [0.15, 0.2) is 18.2 Å². The normalized spacial score (nSPS) is 32.6. The minimum absolute atomic E-state index is 0.0840. The molecule has 2 nitrogen and oxygen atoms in total. The van der Waals surface area contributed by atoms with E-state index >= 15 is 0 Å². The van der Waals surface area contributed by atoms with Crippen LogP contribution in [0.2, 0.25) is 0 Å². The fourth-order valence-corrected chi connectivity index (χ4v) is 3.49. The van der Waals surface area contributed by atoms with Crippen molar-refractivity contribution in [3.8, 4) is 5.75 Å². The number of rotatable bonds is 0. The number of alkyl halides is 3. The van der Waals surface area contributed by atoms with E-state index in [-0.39, 0.29) is 25.0 Å². The topological polar surface area (TPSA) is 29.5 Å². The molecule has 3 atom stereocenters. The van der Waals surface area contributed by atoms with Gasteiger partial charge in [0.05, 0.1) is 12.0 Å². The van der Waals surface area contributed by atoms with Crippen LogP contribution in [-0.2, 0) is 0 Å². The van der Waals surface area contributed by atoms with E-state index in [1.807, 2.05) is 0 Å². The molecule has 0 amide bonds. The van der Waals surface area contributed by atoms with Crippen LogP contribution in [0, 0.1) is 11.7 Å². The Morgan fingerprint density at radius 3 is 2.71 bits per heavy atom. The van der Waals surface area contributed by atoms with Gasteiger partial charge in [-0.3, -0.25) is 0 Å². The first kappa shape index (κ1) is 14.6. The average molecular weight is 304 g/mol. The molecule has 1 aromatic rings. The van der Waals surface area contributed by atoms with Crippen LogP contribution in [0.25, 0.3) is 0 Å². The Hall–Kier alpha value is -1.30. The van der Waals surface area contributed by atoms with Gasteiger partial charge in [0.15, 0.2) is 0 Å². The number of ether oxygens (including phenoxy) is 1. The SMILES string of the molecule is O[C@H]1CC2(CCCC(C(F)(F)F)C2)Oc2cc(F)ccc21. The minimum Gasteiger partial charge on any atom is -0.487 e. The van der Waals surface area contributed by atoms with Gasteiger partial charge in [-0.1, -0.05) is 0 Å². The quantitative estimate of drug-likeness (QED) is 0.730. The fraction of sp³-hybridized carbons (Fsp3) is 0.600. The summed E-state index contributed by atoms with van der Waals surface area (Å²) >= 11 is 0. The van der Waals surface area contributed by atoms with Crippen molar-refractivity contribution in [3.63, 3.8) is 0 Å². The number of hydrogen-bond acceptors (Lipinski definition) is 2. The zero-order valence-electron chi connectivity index (χ0n) is 11.3. The summed E-state index contributed by atoms with van der Waals surface area (Å²) in [5.41, 5.74) is -0.602. The summed E-state index contributed by atoms with van der Waals surface area (Å²) in [6.45, 7) is 0. The Morgan fingerprint density at radius 2 is 2.00 bits per heavy atom. The molecule has 3 rings (SSSR count). The second-order valence-electron chi connectivity index (χ2n) is 6.02. The minimum atomic E-state index is -4.26. The molecule has 0 saturated heterocycles. The van der Waals surface area contributed by atoms with E-state index in [4.69, 9.17) is 4.74 Å². The number of aliphatic hydroxyl groups is 1. The van der Waals surface area contributed by atoms with Gasteiger partial charge in [0.25, 0.3) is 0 Å². The van der Waals surface area contributed by atoms with Gasteiger partial charge >= 0.3 is 6.18 Å². The molecule has 1 N–H and O–H groups in total. The van der Waals surface area contributed by atoms with E-state index < -0.39 is 29.6 Å². The molecule has 21 heavy (non-hydrogen) atoms. The molecule has 1 fully saturated rings. The lowest BCUT2D eigenvalue weighted by atomic mass is 9.73. The Kier molecular flexibility index (Phi) is 3.39. The third-order valence-electron chi connectivity index (χ3n) is 4.49. The van der Waals surface area contributed by atoms with Crippen molar-refractivity contribution in [1.82, 2.24) is 0 Å². The Bertz CT molecular complexity index is 543. The molecule has 1 heterocycles. The summed E-state index contributed by atoms with van der Waals surface area (Å²) in [7, 11) is 0. The van der Waals surface area contributed by atoms with Crippen molar-refractivity contribution in [2.45, 2.75) is 50.0 Å². The highest BCUT2D eigenvalue weighted by atomic mass is 19.4. The van der Waals surface area contributed by atoms with Gasteiger partial charge < -0.3 is 9.84 Å². The van der Waals surface area contributed by atoms with E-state index in [1.165, 1.54) is 12.1 Å². The third-order valence-corrected chi connectivity index (χ3v) is 4.49. The highest BCUT2D eigenvalue weighted by molar-refractivity contribution is 5.38. The Morgan fingerprint density at radius 1 is 1.24 bits per heavy atom. The Balaban J connectivity index is 1.90. The van der Waals surface area contributed by atoms with E-state index in [2.05, 4.69) is 0 Å². The number of halogens is 4. The zero-order valence-corrected chi connectivity index (χ0v) is 11.3. The van der Waals surface area contributed by atoms with Crippen LogP contribution in [0.5, 0.6) is 5.75 Å². The highest BCUT2D eigenvalue weighted by Gasteiger charge is 2.51. The molecule has 1 saturated carbocycles. The van der Waals surface area contributed by atoms with Crippen LogP contribution in [0.3, 0.4) is 0 Å². The van der Waals surface area contributed by atoms with Gasteiger partial charge in [-0.25, -0.2) is 4.39 Å². The van der Waals surface area contributed by atoms with Crippen molar-refractivity contribution in [1.29, 1.82) is 0 Å². The molecule has 2 unspecified atom stereocenters. The predicted molar refractivity (Wildman–Crippen MR) is 67.3 cm³/mol. The maximum absolute atomic E-state index is 13.3. The molecule has 1 spiro atoms. The third kappa shape index (κ3) is 2.73. The maximum Gasteiger partial charge on any atom is 0.391 e. The van der Waals surface area contributed by atoms with Crippen LogP contribution in [0.4, 0.5) is 17.6 Å². The second-order valence-corrected chi connectivity index (χ2v) is 6.02. The van der Waals surface area contributed by atoms with Crippen molar-refractivity contribution in [2.24, 2.45) is 5.92 Å². The van der Waals surface area contributed by atoms with E-state index in [9.17, 15) is 22.7 Å². The molecule has 116 valence electrons. The van der Waals surface area contributed by atoms with E-state index in [1.54, 1.807) is 0 Å². The lowest BCUT2D eigenvalue weighted by molar-refractivity contribution is -0.201. The molecule has 1 aromatic carbocycles. The molecule has 1 aliphatic carbocycles. The average Bonchev–Trinajstić information content (AvgIpc) is 2.36. The number of benzene rings is 1. The summed E-state index contributed by atoms with van der Waals surface area (Å²) in [6.07, 6.45) is -4.30. The van der Waals surface area contributed by atoms with Crippen molar-refractivity contribution in [3.05, 3.63) is 29.6 Å². The molecule has 1 aliphatic heterocycles. The van der Waals surface area contributed by atoms with Crippen LogP contribution in [0.1, 0.15) is 43.8 Å². The maximum atomic E-state index is 13.3. The van der Waals surface area contributed by atoms with Crippen LogP contribution >= 0.6 is 0 Å². The summed E-state index contributed by atoms with van der Waals surface area (Å²) in [6, 6.07) is 3.77. The van der Waals surface area contributed by atoms with Gasteiger partial charge in [-0.05, 0) is 37.8 Å².